The molecule has 1 fully saturated rings. The predicted octanol–water partition coefficient (Wildman–Crippen LogP) is 3.24. The molecule has 0 bridgehead atoms. The molecule has 1 aliphatic rings. The van der Waals surface area contributed by atoms with Gasteiger partial charge in [-0.1, -0.05) is 60.7 Å². The summed E-state index contributed by atoms with van der Waals surface area (Å²) < 4.78 is 33.7. The van der Waals surface area contributed by atoms with E-state index < -0.39 is 15.6 Å². The Morgan fingerprint density at radius 1 is 1.00 bits per heavy atom. The number of hydrogen-bond acceptors (Lipinski definition) is 3. The highest BCUT2D eigenvalue weighted by molar-refractivity contribution is 7.88. The Kier molecular flexibility index (Phi) is 5.27. The summed E-state index contributed by atoms with van der Waals surface area (Å²) in [6.07, 6.45) is 0.592. The van der Waals surface area contributed by atoms with Crippen molar-refractivity contribution in [1.82, 2.24) is 4.31 Å². The van der Waals surface area contributed by atoms with Crippen molar-refractivity contribution in [3.05, 3.63) is 71.8 Å². The lowest BCUT2D eigenvalue weighted by Crippen LogP contribution is -2.58. The van der Waals surface area contributed by atoms with Crippen LogP contribution in [0.4, 0.5) is 0 Å². The molecule has 1 saturated heterocycles. The molecule has 5 heteroatoms. The van der Waals surface area contributed by atoms with Gasteiger partial charge in [0.05, 0.1) is 24.0 Å². The molecule has 0 aliphatic carbocycles. The van der Waals surface area contributed by atoms with E-state index in [0.717, 1.165) is 11.1 Å². The first kappa shape index (κ1) is 18.1. The van der Waals surface area contributed by atoms with Crippen molar-refractivity contribution in [1.29, 1.82) is 0 Å². The summed E-state index contributed by atoms with van der Waals surface area (Å²) in [7, 11) is -3.42. The minimum atomic E-state index is -3.42. The number of ether oxygens (including phenoxy) is 1. The van der Waals surface area contributed by atoms with E-state index in [2.05, 4.69) is 0 Å². The van der Waals surface area contributed by atoms with Crippen LogP contribution in [0.25, 0.3) is 0 Å². The molecule has 0 radical (unpaired) electrons. The fraction of sp³-hybridized carbons (Fsp3) is 0.400. The van der Waals surface area contributed by atoms with E-state index in [1.807, 2.05) is 74.5 Å². The van der Waals surface area contributed by atoms with Crippen LogP contribution in [0.5, 0.6) is 0 Å². The summed E-state index contributed by atoms with van der Waals surface area (Å²) in [6.45, 7) is 4.64. The van der Waals surface area contributed by atoms with Gasteiger partial charge in [0, 0.05) is 6.54 Å². The first-order chi connectivity index (χ1) is 11.9. The Morgan fingerprint density at radius 3 is 2.16 bits per heavy atom. The van der Waals surface area contributed by atoms with Gasteiger partial charge in [0.25, 0.3) is 0 Å². The molecular weight excluding hydrogens is 334 g/mol. The molecule has 1 atom stereocenters. The number of hydrogen-bond donors (Lipinski definition) is 0. The highest BCUT2D eigenvalue weighted by atomic mass is 32.2. The maximum Gasteiger partial charge on any atom is 0.218 e. The Bertz CT molecular complexity index is 788. The third-order valence-electron chi connectivity index (χ3n) is 4.55. The van der Waals surface area contributed by atoms with Gasteiger partial charge in [0.2, 0.25) is 10.0 Å². The van der Waals surface area contributed by atoms with Gasteiger partial charge >= 0.3 is 0 Å². The first-order valence-electron chi connectivity index (χ1n) is 8.57. The van der Waals surface area contributed by atoms with Crippen molar-refractivity contribution in [3.8, 4) is 0 Å². The Labute approximate surface area is 150 Å². The Morgan fingerprint density at radius 2 is 1.56 bits per heavy atom. The summed E-state index contributed by atoms with van der Waals surface area (Å²) in [5.74, 6) is 0.0231. The summed E-state index contributed by atoms with van der Waals surface area (Å²) in [5, 5.41) is 0. The first-order valence-corrected chi connectivity index (χ1v) is 10.2. The number of nitrogens with zero attached hydrogens (tertiary/aromatic N) is 1. The number of morpholine rings is 1. The molecule has 0 spiro atoms. The third-order valence-corrected chi connectivity index (χ3v) is 6.56. The van der Waals surface area contributed by atoms with Gasteiger partial charge in [-0.25, -0.2) is 8.42 Å². The number of benzene rings is 2. The van der Waals surface area contributed by atoms with E-state index in [-0.39, 0.29) is 11.9 Å². The molecule has 2 aromatic carbocycles. The van der Waals surface area contributed by atoms with Crippen molar-refractivity contribution in [2.24, 2.45) is 0 Å². The second kappa shape index (κ2) is 7.28. The monoisotopic (exact) mass is 359 g/mol. The average molecular weight is 359 g/mol. The van der Waals surface area contributed by atoms with Crippen molar-refractivity contribution < 1.29 is 13.2 Å². The highest BCUT2D eigenvalue weighted by Crippen LogP contribution is 2.28. The second-order valence-electron chi connectivity index (χ2n) is 7.21. The number of sulfonamides is 1. The number of rotatable bonds is 5. The van der Waals surface area contributed by atoms with Crippen LogP contribution in [0, 0.1) is 0 Å². The fourth-order valence-corrected chi connectivity index (χ4v) is 5.20. The van der Waals surface area contributed by atoms with Crippen LogP contribution >= 0.6 is 0 Å². The zero-order valence-corrected chi connectivity index (χ0v) is 15.6. The van der Waals surface area contributed by atoms with Crippen LogP contribution in [0.2, 0.25) is 0 Å². The summed E-state index contributed by atoms with van der Waals surface area (Å²) in [5.41, 5.74) is 1.43. The lowest BCUT2D eigenvalue weighted by molar-refractivity contribution is -0.0629. The van der Waals surface area contributed by atoms with Gasteiger partial charge in [-0.05, 0) is 31.4 Å². The lowest BCUT2D eigenvalue weighted by atomic mass is 10.0. The molecule has 1 heterocycles. The minimum absolute atomic E-state index is 0.0231. The van der Waals surface area contributed by atoms with Crippen molar-refractivity contribution in [3.63, 3.8) is 0 Å². The van der Waals surface area contributed by atoms with Gasteiger partial charge in [-0.2, -0.15) is 4.31 Å². The topological polar surface area (TPSA) is 46.6 Å². The molecule has 0 aromatic heterocycles. The van der Waals surface area contributed by atoms with E-state index in [9.17, 15) is 8.42 Å². The zero-order chi connectivity index (χ0) is 17.9. The third kappa shape index (κ3) is 4.48. The SMILES string of the molecule is CC1(C)COC(Cc2ccccc2)CN1S(=O)(=O)Cc1ccccc1. The van der Waals surface area contributed by atoms with Crippen LogP contribution in [0.3, 0.4) is 0 Å². The van der Waals surface area contributed by atoms with E-state index in [1.165, 1.54) is 0 Å². The van der Waals surface area contributed by atoms with Gasteiger partial charge in [-0.15, -0.1) is 0 Å². The van der Waals surface area contributed by atoms with Crippen LogP contribution in [-0.2, 0) is 26.9 Å². The molecule has 1 aliphatic heterocycles. The molecule has 134 valence electrons. The molecular formula is C20H25NO3S. The fourth-order valence-electron chi connectivity index (χ4n) is 3.23. The van der Waals surface area contributed by atoms with Crippen LogP contribution in [-0.4, -0.2) is 37.5 Å². The van der Waals surface area contributed by atoms with Crippen LogP contribution < -0.4 is 0 Å². The standard InChI is InChI=1S/C20H25NO3S/c1-20(2)16-24-19(13-17-9-5-3-6-10-17)14-21(20)25(22,23)15-18-11-7-4-8-12-18/h3-12,19H,13-16H2,1-2H3. The molecule has 0 saturated carbocycles. The normalized spacial score (nSPS) is 21.1. The maximum absolute atomic E-state index is 13.0. The lowest BCUT2D eigenvalue weighted by Gasteiger charge is -2.44. The van der Waals surface area contributed by atoms with Crippen molar-refractivity contribution in [2.75, 3.05) is 13.2 Å². The van der Waals surface area contributed by atoms with E-state index in [4.69, 9.17) is 4.74 Å². The predicted molar refractivity (Wildman–Crippen MR) is 99.7 cm³/mol. The highest BCUT2D eigenvalue weighted by Gasteiger charge is 2.42. The Balaban J connectivity index is 1.77. The molecule has 0 amide bonds. The van der Waals surface area contributed by atoms with E-state index in [0.29, 0.717) is 19.6 Å². The van der Waals surface area contributed by atoms with Crippen LogP contribution in [0.15, 0.2) is 60.7 Å². The summed E-state index contributed by atoms with van der Waals surface area (Å²) >= 11 is 0. The van der Waals surface area contributed by atoms with E-state index >= 15 is 0 Å². The van der Waals surface area contributed by atoms with Gasteiger partial charge in [0.1, 0.15) is 0 Å². The van der Waals surface area contributed by atoms with Gasteiger partial charge in [0.15, 0.2) is 0 Å². The quantitative estimate of drug-likeness (QED) is 0.823. The average Bonchev–Trinajstić information content (AvgIpc) is 2.58. The molecule has 2 aromatic rings. The maximum atomic E-state index is 13.0. The van der Waals surface area contributed by atoms with Crippen molar-refractivity contribution in [2.45, 2.75) is 37.7 Å². The van der Waals surface area contributed by atoms with Crippen molar-refractivity contribution >= 4 is 10.0 Å². The van der Waals surface area contributed by atoms with Gasteiger partial charge in [-0.3, -0.25) is 0 Å². The minimum Gasteiger partial charge on any atom is -0.375 e. The largest absolute Gasteiger partial charge is 0.375 e. The molecule has 1 unspecified atom stereocenters. The van der Waals surface area contributed by atoms with E-state index in [1.54, 1.807) is 4.31 Å². The molecule has 25 heavy (non-hydrogen) atoms. The molecule has 4 nitrogen and oxygen atoms in total. The smallest absolute Gasteiger partial charge is 0.218 e. The molecule has 3 rings (SSSR count). The second-order valence-corrected chi connectivity index (χ2v) is 9.10. The molecule has 0 N–H and O–H groups in total. The summed E-state index contributed by atoms with van der Waals surface area (Å²) in [6, 6.07) is 19.4. The Hall–Kier alpha value is -1.69. The summed E-state index contributed by atoms with van der Waals surface area (Å²) in [4.78, 5) is 0. The van der Waals surface area contributed by atoms with Gasteiger partial charge < -0.3 is 4.74 Å². The van der Waals surface area contributed by atoms with Crippen LogP contribution in [0.1, 0.15) is 25.0 Å². The zero-order valence-electron chi connectivity index (χ0n) is 14.8.